The molecule has 0 unspecified atom stereocenters. The number of hydrogen-bond donors (Lipinski definition) is 1. The van der Waals surface area contributed by atoms with Gasteiger partial charge in [0.1, 0.15) is 23.4 Å². The van der Waals surface area contributed by atoms with Crippen LogP contribution in [-0.2, 0) is 11.2 Å². The number of aromatic amines is 1. The predicted octanol–water partition coefficient (Wildman–Crippen LogP) is 2.12. The minimum absolute atomic E-state index is 0.146. The monoisotopic (exact) mass is 344 g/mol. The Balaban J connectivity index is 1.42. The van der Waals surface area contributed by atoms with Gasteiger partial charge in [0, 0.05) is 38.8 Å². The molecule has 1 N–H and O–H groups in total. The van der Waals surface area contributed by atoms with E-state index < -0.39 is 0 Å². The Labute approximate surface area is 147 Å². The molecule has 1 aromatic heterocycles. The molecule has 3 rings (SSSR count). The molecule has 2 heterocycles. The van der Waals surface area contributed by atoms with Crippen molar-refractivity contribution < 1.29 is 14.3 Å². The molecule has 0 atom stereocenters. The number of carbonyl (C=O) groups is 1. The number of ether oxygens (including phenoxy) is 2. The number of carbonyl (C=O) groups excluding carboxylic acids is 1. The molecule has 1 amide bonds. The normalized spacial score (nSPS) is 15.2. The highest BCUT2D eigenvalue weighted by molar-refractivity contribution is 5.76. The van der Waals surface area contributed by atoms with Crippen molar-refractivity contribution >= 4 is 5.91 Å². The van der Waals surface area contributed by atoms with Crippen molar-refractivity contribution in [1.82, 2.24) is 20.1 Å². The smallest absolute Gasteiger partial charge is 0.223 e. The first kappa shape index (κ1) is 17.3. The summed E-state index contributed by atoms with van der Waals surface area (Å²) < 4.78 is 11.1. The van der Waals surface area contributed by atoms with E-state index in [4.69, 9.17) is 9.47 Å². The summed E-state index contributed by atoms with van der Waals surface area (Å²) in [5, 5.41) is 6.87. The van der Waals surface area contributed by atoms with Crippen LogP contribution in [0.1, 0.15) is 30.9 Å². The largest absolute Gasteiger partial charge is 0.497 e. The van der Waals surface area contributed by atoms with Crippen LogP contribution < -0.4 is 9.47 Å². The Morgan fingerprint density at radius 1 is 1.24 bits per heavy atom. The molecule has 1 saturated heterocycles. The van der Waals surface area contributed by atoms with Gasteiger partial charge in [-0.15, -0.1) is 0 Å². The third kappa shape index (κ3) is 4.71. The van der Waals surface area contributed by atoms with E-state index in [9.17, 15) is 4.79 Å². The van der Waals surface area contributed by atoms with Crippen LogP contribution in [0.4, 0.5) is 0 Å². The summed E-state index contributed by atoms with van der Waals surface area (Å²) in [6, 6.07) is 7.60. The second-order valence-corrected chi connectivity index (χ2v) is 6.21. The van der Waals surface area contributed by atoms with Gasteiger partial charge in [0.15, 0.2) is 5.82 Å². The first-order valence-electron chi connectivity index (χ1n) is 8.60. The molecule has 1 aliphatic rings. The van der Waals surface area contributed by atoms with Gasteiger partial charge in [-0.2, -0.15) is 5.10 Å². The van der Waals surface area contributed by atoms with Crippen LogP contribution in [0.5, 0.6) is 11.5 Å². The third-order valence-electron chi connectivity index (χ3n) is 4.36. The summed E-state index contributed by atoms with van der Waals surface area (Å²) in [4.78, 5) is 18.5. The lowest BCUT2D eigenvalue weighted by Crippen LogP contribution is -2.41. The van der Waals surface area contributed by atoms with Crippen molar-refractivity contribution in [3.63, 3.8) is 0 Å². The number of likely N-dealkylation sites (tertiary alicyclic amines) is 1. The Bertz CT molecular complexity index is 691. The van der Waals surface area contributed by atoms with Gasteiger partial charge < -0.3 is 14.4 Å². The zero-order valence-electron chi connectivity index (χ0n) is 14.7. The molecule has 7 heteroatoms. The minimum atomic E-state index is 0.146. The highest BCUT2D eigenvalue weighted by atomic mass is 16.5. The van der Waals surface area contributed by atoms with Crippen molar-refractivity contribution in [2.75, 3.05) is 20.2 Å². The van der Waals surface area contributed by atoms with Crippen molar-refractivity contribution in [3.8, 4) is 11.5 Å². The SMILES string of the molecule is COc1ccc(OC2CCN(C(=O)CCc3n[nH]c(C)n3)CC2)cc1. The fourth-order valence-corrected chi connectivity index (χ4v) is 2.95. The van der Waals surface area contributed by atoms with Gasteiger partial charge >= 0.3 is 0 Å². The van der Waals surface area contributed by atoms with Crippen LogP contribution in [0, 0.1) is 6.92 Å². The van der Waals surface area contributed by atoms with Gasteiger partial charge in [-0.05, 0) is 31.2 Å². The quantitative estimate of drug-likeness (QED) is 0.868. The number of H-pyrrole nitrogens is 1. The molecule has 1 fully saturated rings. The van der Waals surface area contributed by atoms with E-state index in [1.165, 1.54) is 0 Å². The molecule has 25 heavy (non-hydrogen) atoms. The topological polar surface area (TPSA) is 80.3 Å². The minimum Gasteiger partial charge on any atom is -0.497 e. The molecular weight excluding hydrogens is 320 g/mol. The van der Waals surface area contributed by atoms with Gasteiger partial charge in [0.2, 0.25) is 5.91 Å². The highest BCUT2D eigenvalue weighted by Crippen LogP contribution is 2.22. The first-order chi connectivity index (χ1) is 12.1. The molecule has 2 aromatic rings. The fourth-order valence-electron chi connectivity index (χ4n) is 2.95. The molecule has 0 aliphatic carbocycles. The molecule has 134 valence electrons. The zero-order valence-corrected chi connectivity index (χ0v) is 14.7. The van der Waals surface area contributed by atoms with E-state index >= 15 is 0 Å². The maximum Gasteiger partial charge on any atom is 0.223 e. The van der Waals surface area contributed by atoms with E-state index in [1.807, 2.05) is 36.1 Å². The Kier molecular flexibility index (Phi) is 5.53. The van der Waals surface area contributed by atoms with Crippen LogP contribution in [0.15, 0.2) is 24.3 Å². The van der Waals surface area contributed by atoms with Crippen molar-refractivity contribution in [3.05, 3.63) is 35.9 Å². The number of methoxy groups -OCH3 is 1. The lowest BCUT2D eigenvalue weighted by Gasteiger charge is -2.32. The van der Waals surface area contributed by atoms with Gasteiger partial charge in [-0.1, -0.05) is 0 Å². The van der Waals surface area contributed by atoms with Crippen molar-refractivity contribution in [2.24, 2.45) is 0 Å². The van der Waals surface area contributed by atoms with Crippen LogP contribution in [-0.4, -0.2) is 52.3 Å². The van der Waals surface area contributed by atoms with E-state index in [-0.39, 0.29) is 12.0 Å². The van der Waals surface area contributed by atoms with Crippen LogP contribution in [0.3, 0.4) is 0 Å². The number of aromatic nitrogens is 3. The summed E-state index contributed by atoms with van der Waals surface area (Å²) in [5.41, 5.74) is 0. The second kappa shape index (κ2) is 8.00. The van der Waals surface area contributed by atoms with Gasteiger partial charge in [-0.25, -0.2) is 4.98 Å². The molecular formula is C18H24N4O3. The number of nitrogens with one attached hydrogen (secondary N) is 1. The number of piperidine rings is 1. The summed E-state index contributed by atoms with van der Waals surface area (Å²) in [6.45, 7) is 3.31. The molecule has 1 aromatic carbocycles. The average Bonchev–Trinajstić information content (AvgIpc) is 3.06. The summed E-state index contributed by atoms with van der Waals surface area (Å²) in [5.74, 6) is 3.28. The Morgan fingerprint density at radius 2 is 1.92 bits per heavy atom. The van der Waals surface area contributed by atoms with E-state index in [0.717, 1.165) is 43.3 Å². The van der Waals surface area contributed by atoms with Gasteiger partial charge in [-0.3, -0.25) is 9.89 Å². The molecule has 0 bridgehead atoms. The average molecular weight is 344 g/mol. The summed E-state index contributed by atoms with van der Waals surface area (Å²) in [6.07, 6.45) is 2.86. The number of amides is 1. The maximum absolute atomic E-state index is 12.3. The third-order valence-corrected chi connectivity index (χ3v) is 4.36. The molecule has 0 spiro atoms. The van der Waals surface area contributed by atoms with Gasteiger partial charge in [0.25, 0.3) is 0 Å². The number of benzene rings is 1. The van der Waals surface area contributed by atoms with E-state index in [1.54, 1.807) is 7.11 Å². The first-order valence-corrected chi connectivity index (χ1v) is 8.60. The molecule has 0 radical (unpaired) electrons. The van der Waals surface area contributed by atoms with Crippen LogP contribution in [0.25, 0.3) is 0 Å². The van der Waals surface area contributed by atoms with Crippen molar-refractivity contribution in [2.45, 2.75) is 38.7 Å². The number of nitrogens with zero attached hydrogens (tertiary/aromatic N) is 3. The van der Waals surface area contributed by atoms with E-state index in [0.29, 0.717) is 18.7 Å². The summed E-state index contributed by atoms with van der Waals surface area (Å²) >= 11 is 0. The number of hydrogen-bond acceptors (Lipinski definition) is 5. The molecule has 7 nitrogen and oxygen atoms in total. The zero-order chi connectivity index (χ0) is 17.6. The van der Waals surface area contributed by atoms with Crippen molar-refractivity contribution in [1.29, 1.82) is 0 Å². The van der Waals surface area contributed by atoms with Gasteiger partial charge in [0.05, 0.1) is 7.11 Å². The van der Waals surface area contributed by atoms with Crippen LogP contribution >= 0.6 is 0 Å². The fraction of sp³-hybridized carbons (Fsp3) is 0.500. The highest BCUT2D eigenvalue weighted by Gasteiger charge is 2.24. The van der Waals surface area contributed by atoms with E-state index in [2.05, 4.69) is 15.2 Å². The van der Waals surface area contributed by atoms with Crippen LogP contribution in [0.2, 0.25) is 0 Å². The predicted molar refractivity (Wildman–Crippen MR) is 92.7 cm³/mol. The standard InChI is InChI=1S/C18H24N4O3/c1-13-19-17(21-20-13)7-8-18(23)22-11-9-16(10-12-22)25-15-5-3-14(24-2)4-6-15/h3-6,16H,7-12H2,1-2H3,(H,19,20,21). The number of aryl methyl sites for hydroxylation is 2. The number of rotatable bonds is 6. The lowest BCUT2D eigenvalue weighted by molar-refractivity contribution is -0.133. The lowest BCUT2D eigenvalue weighted by atomic mass is 10.1. The Hall–Kier alpha value is -2.57. The second-order valence-electron chi connectivity index (χ2n) is 6.21. The Morgan fingerprint density at radius 3 is 2.52 bits per heavy atom. The summed E-state index contributed by atoms with van der Waals surface area (Å²) in [7, 11) is 1.64. The maximum atomic E-state index is 12.3. The molecule has 0 saturated carbocycles. The molecule has 1 aliphatic heterocycles.